The Bertz CT molecular complexity index is 713. The first-order valence-electron chi connectivity index (χ1n) is 8.52. The second kappa shape index (κ2) is 7.86. The maximum Gasteiger partial charge on any atom is 0.315 e. The number of rotatable bonds is 6. The van der Waals surface area contributed by atoms with Crippen LogP contribution in [0.2, 0.25) is 0 Å². The van der Waals surface area contributed by atoms with Gasteiger partial charge in [0, 0.05) is 6.54 Å². The minimum Gasteiger partial charge on any atom is -0.492 e. The van der Waals surface area contributed by atoms with E-state index in [0.717, 1.165) is 17.7 Å². The van der Waals surface area contributed by atoms with Crippen molar-refractivity contribution in [2.75, 3.05) is 13.2 Å². The third-order valence-corrected chi connectivity index (χ3v) is 4.26. The van der Waals surface area contributed by atoms with Crippen LogP contribution in [0, 0.1) is 6.92 Å². The molecule has 0 aliphatic heterocycles. The number of urea groups is 1. The fourth-order valence-electron chi connectivity index (χ4n) is 3.04. The fraction of sp³-hybridized carbons (Fsp3) is 0.350. The molecule has 0 fully saturated rings. The van der Waals surface area contributed by atoms with Crippen molar-refractivity contribution in [3.63, 3.8) is 0 Å². The van der Waals surface area contributed by atoms with Crippen molar-refractivity contribution in [1.29, 1.82) is 0 Å². The molecular formula is C20H24N2O2. The maximum atomic E-state index is 11.8. The molecule has 2 N–H and O–H groups in total. The molecule has 2 aromatic rings. The van der Waals surface area contributed by atoms with Crippen LogP contribution in [0.15, 0.2) is 42.5 Å². The number of aryl methyl sites for hydroxylation is 3. The number of amides is 2. The van der Waals surface area contributed by atoms with Gasteiger partial charge in [0.25, 0.3) is 0 Å². The smallest absolute Gasteiger partial charge is 0.315 e. The zero-order valence-electron chi connectivity index (χ0n) is 14.1. The molecule has 0 saturated heterocycles. The highest BCUT2D eigenvalue weighted by Crippen LogP contribution is 2.25. The van der Waals surface area contributed by atoms with Gasteiger partial charge in [0.15, 0.2) is 0 Å². The van der Waals surface area contributed by atoms with E-state index in [-0.39, 0.29) is 6.03 Å². The predicted molar refractivity (Wildman–Crippen MR) is 95.4 cm³/mol. The molecule has 4 nitrogen and oxygen atoms in total. The van der Waals surface area contributed by atoms with Gasteiger partial charge in [-0.3, -0.25) is 0 Å². The van der Waals surface area contributed by atoms with Crippen LogP contribution in [-0.2, 0) is 19.4 Å². The van der Waals surface area contributed by atoms with E-state index in [2.05, 4.69) is 28.8 Å². The molecule has 1 aliphatic rings. The zero-order chi connectivity index (χ0) is 16.8. The lowest BCUT2D eigenvalue weighted by Crippen LogP contribution is -2.37. The Morgan fingerprint density at radius 3 is 2.83 bits per heavy atom. The molecule has 2 aromatic carbocycles. The van der Waals surface area contributed by atoms with Gasteiger partial charge < -0.3 is 15.4 Å². The summed E-state index contributed by atoms with van der Waals surface area (Å²) in [5.74, 6) is 0.887. The third kappa shape index (κ3) is 4.51. The molecule has 0 atom stereocenters. The van der Waals surface area contributed by atoms with Gasteiger partial charge in [-0.2, -0.15) is 0 Å². The Kier molecular flexibility index (Phi) is 5.36. The Labute approximate surface area is 143 Å². The number of carbonyl (C=O) groups excluding carboxylic acids is 1. The Morgan fingerprint density at radius 1 is 1.08 bits per heavy atom. The average molecular weight is 324 g/mol. The molecule has 126 valence electrons. The van der Waals surface area contributed by atoms with Crippen LogP contribution < -0.4 is 15.4 Å². The summed E-state index contributed by atoms with van der Waals surface area (Å²) < 4.78 is 5.72. The molecule has 3 rings (SSSR count). The van der Waals surface area contributed by atoms with E-state index < -0.39 is 0 Å². The summed E-state index contributed by atoms with van der Waals surface area (Å²) in [4.78, 5) is 11.8. The Morgan fingerprint density at radius 2 is 1.96 bits per heavy atom. The van der Waals surface area contributed by atoms with Crippen LogP contribution >= 0.6 is 0 Å². The van der Waals surface area contributed by atoms with Crippen LogP contribution in [0.1, 0.15) is 28.7 Å². The van der Waals surface area contributed by atoms with Gasteiger partial charge in [-0.15, -0.1) is 0 Å². The topological polar surface area (TPSA) is 50.4 Å². The van der Waals surface area contributed by atoms with Gasteiger partial charge in [0.1, 0.15) is 12.4 Å². The molecular weight excluding hydrogens is 300 g/mol. The molecule has 0 unspecified atom stereocenters. The molecule has 0 spiro atoms. The van der Waals surface area contributed by atoms with Crippen LogP contribution in [0.3, 0.4) is 0 Å². The van der Waals surface area contributed by atoms with Crippen LogP contribution in [0.5, 0.6) is 5.75 Å². The molecule has 4 heteroatoms. The molecule has 0 saturated carbocycles. The van der Waals surface area contributed by atoms with Gasteiger partial charge in [-0.1, -0.05) is 35.9 Å². The van der Waals surface area contributed by atoms with E-state index in [0.29, 0.717) is 19.7 Å². The van der Waals surface area contributed by atoms with Crippen LogP contribution in [0.25, 0.3) is 0 Å². The second-order valence-corrected chi connectivity index (χ2v) is 6.23. The Balaban J connectivity index is 1.35. The number of hydrogen-bond donors (Lipinski definition) is 2. The van der Waals surface area contributed by atoms with Gasteiger partial charge in [-0.05, 0) is 55.0 Å². The number of carbonyl (C=O) groups is 1. The highest BCUT2D eigenvalue weighted by molar-refractivity contribution is 5.73. The van der Waals surface area contributed by atoms with Gasteiger partial charge in [0.2, 0.25) is 0 Å². The van der Waals surface area contributed by atoms with Gasteiger partial charge in [0.05, 0.1) is 6.54 Å². The standard InChI is InChI=1S/C20H24N2O2/c1-15-4-2-5-16(12-15)14-22-20(23)21-10-11-24-19-9-8-17-6-3-7-18(17)13-19/h2,4-5,8-9,12-13H,3,6-7,10-11,14H2,1H3,(H2,21,22,23). The summed E-state index contributed by atoms with van der Waals surface area (Å²) in [6.45, 7) is 3.52. The molecule has 24 heavy (non-hydrogen) atoms. The maximum absolute atomic E-state index is 11.8. The van der Waals surface area contributed by atoms with Crippen LogP contribution in [-0.4, -0.2) is 19.2 Å². The van der Waals surface area contributed by atoms with Crippen molar-refractivity contribution >= 4 is 6.03 Å². The lowest BCUT2D eigenvalue weighted by atomic mass is 10.1. The zero-order valence-corrected chi connectivity index (χ0v) is 14.1. The van der Waals surface area contributed by atoms with Crippen LogP contribution in [0.4, 0.5) is 4.79 Å². The van der Waals surface area contributed by atoms with Crippen molar-refractivity contribution in [2.24, 2.45) is 0 Å². The lowest BCUT2D eigenvalue weighted by Gasteiger charge is -2.10. The average Bonchev–Trinajstić information content (AvgIpc) is 3.05. The first kappa shape index (κ1) is 16.4. The summed E-state index contributed by atoms with van der Waals surface area (Å²) in [5, 5.41) is 5.67. The molecule has 0 bridgehead atoms. The van der Waals surface area contributed by atoms with E-state index in [4.69, 9.17) is 4.74 Å². The molecule has 1 aliphatic carbocycles. The van der Waals surface area contributed by atoms with Gasteiger partial charge >= 0.3 is 6.03 Å². The van der Waals surface area contributed by atoms with Crippen molar-refractivity contribution in [3.8, 4) is 5.75 Å². The van der Waals surface area contributed by atoms with E-state index >= 15 is 0 Å². The first-order valence-corrected chi connectivity index (χ1v) is 8.52. The molecule has 0 heterocycles. The van der Waals surface area contributed by atoms with Crippen molar-refractivity contribution in [1.82, 2.24) is 10.6 Å². The van der Waals surface area contributed by atoms with Crippen molar-refractivity contribution < 1.29 is 9.53 Å². The van der Waals surface area contributed by atoms with E-state index in [1.165, 1.54) is 29.5 Å². The monoisotopic (exact) mass is 324 g/mol. The van der Waals surface area contributed by atoms with E-state index in [1.54, 1.807) is 0 Å². The summed E-state index contributed by atoms with van der Waals surface area (Å²) >= 11 is 0. The highest BCUT2D eigenvalue weighted by Gasteiger charge is 2.11. The largest absolute Gasteiger partial charge is 0.492 e. The predicted octanol–water partition coefficient (Wildman–Crippen LogP) is 3.36. The lowest BCUT2D eigenvalue weighted by molar-refractivity contribution is 0.236. The number of nitrogens with one attached hydrogen (secondary N) is 2. The number of fused-ring (bicyclic) bond motifs is 1. The molecule has 0 aromatic heterocycles. The summed E-state index contributed by atoms with van der Waals surface area (Å²) in [6.07, 6.45) is 3.56. The van der Waals surface area contributed by atoms with Crippen molar-refractivity contribution in [2.45, 2.75) is 32.7 Å². The summed E-state index contributed by atoms with van der Waals surface area (Å²) in [6, 6.07) is 14.2. The molecule has 2 amide bonds. The normalized spacial score (nSPS) is 12.5. The summed E-state index contributed by atoms with van der Waals surface area (Å²) in [5.41, 5.74) is 5.13. The fourth-order valence-corrected chi connectivity index (χ4v) is 3.04. The molecule has 0 radical (unpaired) electrons. The first-order chi connectivity index (χ1) is 11.7. The minimum atomic E-state index is -0.172. The van der Waals surface area contributed by atoms with Crippen molar-refractivity contribution in [3.05, 3.63) is 64.7 Å². The second-order valence-electron chi connectivity index (χ2n) is 6.23. The van der Waals surface area contributed by atoms with Gasteiger partial charge in [-0.25, -0.2) is 4.79 Å². The quantitative estimate of drug-likeness (QED) is 0.801. The number of benzene rings is 2. The minimum absolute atomic E-state index is 0.172. The number of hydrogen-bond acceptors (Lipinski definition) is 2. The SMILES string of the molecule is Cc1cccc(CNC(=O)NCCOc2ccc3c(c2)CCC3)c1. The van der Waals surface area contributed by atoms with E-state index in [1.807, 2.05) is 31.2 Å². The Hall–Kier alpha value is -2.49. The van der Waals surface area contributed by atoms with E-state index in [9.17, 15) is 4.79 Å². The number of ether oxygens (including phenoxy) is 1. The third-order valence-electron chi connectivity index (χ3n) is 4.26. The highest BCUT2D eigenvalue weighted by atomic mass is 16.5. The summed E-state index contributed by atoms with van der Waals surface area (Å²) in [7, 11) is 0.